The fourth-order valence-electron chi connectivity index (χ4n) is 2.86. The van der Waals surface area contributed by atoms with Crippen molar-refractivity contribution in [1.29, 1.82) is 0 Å². The van der Waals surface area contributed by atoms with Crippen molar-refractivity contribution in [3.63, 3.8) is 0 Å². The molecule has 6 heteroatoms. The Morgan fingerprint density at radius 3 is 2.65 bits per heavy atom. The van der Waals surface area contributed by atoms with Gasteiger partial charge >= 0.3 is 0 Å². The highest BCUT2D eigenvalue weighted by atomic mass is 35.5. The van der Waals surface area contributed by atoms with Crippen LogP contribution >= 0.6 is 11.6 Å². The van der Waals surface area contributed by atoms with Crippen molar-refractivity contribution in [2.45, 2.75) is 38.6 Å². The van der Waals surface area contributed by atoms with Gasteiger partial charge in [0.2, 0.25) is 0 Å². The van der Waals surface area contributed by atoms with Crippen LogP contribution < -0.4 is 5.73 Å². The van der Waals surface area contributed by atoms with E-state index in [1.807, 2.05) is 16.8 Å². The summed E-state index contributed by atoms with van der Waals surface area (Å²) in [6, 6.07) is 5.81. The molecule has 1 aromatic carbocycles. The molecule has 2 N–H and O–H groups in total. The number of nitrogens with two attached hydrogens (primary N) is 1. The molecule has 5 nitrogen and oxygen atoms in total. The lowest BCUT2D eigenvalue weighted by Gasteiger charge is -2.26. The molecule has 0 aliphatic heterocycles. The van der Waals surface area contributed by atoms with E-state index in [0.717, 1.165) is 30.1 Å². The number of hydrogen-bond donors (Lipinski definition) is 1. The molecule has 1 heterocycles. The lowest BCUT2D eigenvalue weighted by molar-refractivity contribution is 0.272. The summed E-state index contributed by atoms with van der Waals surface area (Å²) in [5, 5.41) is 12.8. The van der Waals surface area contributed by atoms with Crippen molar-refractivity contribution in [2.75, 3.05) is 5.73 Å². The smallest absolute Gasteiger partial charge is 0.182 e. The zero-order valence-corrected chi connectivity index (χ0v) is 12.2. The lowest BCUT2D eigenvalue weighted by atomic mass is 9.87. The molecule has 2 aromatic rings. The number of nitrogens with zero attached hydrogens (tertiary/aromatic N) is 4. The third-order valence-electron chi connectivity index (χ3n) is 4.00. The molecule has 1 fully saturated rings. The van der Waals surface area contributed by atoms with Crippen LogP contribution in [0, 0.1) is 5.92 Å². The molecule has 0 saturated heterocycles. The molecular formula is C14H18ClN5. The quantitative estimate of drug-likeness (QED) is 0.862. The van der Waals surface area contributed by atoms with Crippen molar-refractivity contribution < 1.29 is 0 Å². The van der Waals surface area contributed by atoms with Gasteiger partial charge in [0.05, 0.1) is 6.04 Å². The first kappa shape index (κ1) is 13.4. The van der Waals surface area contributed by atoms with Crippen LogP contribution in [0.15, 0.2) is 18.2 Å². The maximum atomic E-state index is 6.07. The fraction of sp³-hybridized carbons (Fsp3) is 0.500. The zero-order chi connectivity index (χ0) is 14.1. The summed E-state index contributed by atoms with van der Waals surface area (Å²) < 4.78 is 1.93. The number of nitrogen functional groups attached to an aromatic ring is 1. The number of aromatic nitrogens is 4. The van der Waals surface area contributed by atoms with Gasteiger partial charge in [-0.2, -0.15) is 0 Å². The molecule has 106 valence electrons. The Bertz CT molecular complexity index is 581. The Morgan fingerprint density at radius 1 is 1.20 bits per heavy atom. The van der Waals surface area contributed by atoms with E-state index in [1.165, 1.54) is 12.8 Å². The number of anilines is 1. The topological polar surface area (TPSA) is 69.6 Å². The maximum absolute atomic E-state index is 6.07. The van der Waals surface area contributed by atoms with Crippen molar-refractivity contribution in [2.24, 2.45) is 5.92 Å². The monoisotopic (exact) mass is 291 g/mol. The van der Waals surface area contributed by atoms with Crippen molar-refractivity contribution in [3.05, 3.63) is 23.2 Å². The summed E-state index contributed by atoms with van der Waals surface area (Å²) in [4.78, 5) is 0. The Kier molecular flexibility index (Phi) is 3.61. The molecular weight excluding hydrogens is 274 g/mol. The molecule has 1 saturated carbocycles. The molecule has 1 aliphatic carbocycles. The van der Waals surface area contributed by atoms with E-state index in [9.17, 15) is 0 Å². The van der Waals surface area contributed by atoms with Crippen molar-refractivity contribution >= 4 is 17.3 Å². The molecule has 0 spiro atoms. The normalized spacial score (nSPS) is 22.9. The van der Waals surface area contributed by atoms with Gasteiger partial charge in [-0.25, -0.2) is 4.68 Å². The minimum atomic E-state index is 0.372. The SMILES string of the molecule is CC1CCC(n2nnnc2-c2cc(N)cc(Cl)c2)CC1. The maximum Gasteiger partial charge on any atom is 0.182 e. The number of hydrogen-bond acceptors (Lipinski definition) is 4. The van der Waals surface area contributed by atoms with Crippen molar-refractivity contribution in [3.8, 4) is 11.4 Å². The molecule has 0 radical (unpaired) electrons. The van der Waals surface area contributed by atoms with Crippen LogP contribution in [-0.2, 0) is 0 Å². The summed E-state index contributed by atoms with van der Waals surface area (Å²) in [5.74, 6) is 1.55. The molecule has 0 unspecified atom stereocenters. The second kappa shape index (κ2) is 5.40. The van der Waals surface area contributed by atoms with Crippen LogP contribution in [0.2, 0.25) is 5.02 Å². The zero-order valence-electron chi connectivity index (χ0n) is 11.5. The molecule has 20 heavy (non-hydrogen) atoms. The summed E-state index contributed by atoms with van der Waals surface area (Å²) in [6.45, 7) is 2.30. The van der Waals surface area contributed by atoms with E-state index in [4.69, 9.17) is 17.3 Å². The predicted octanol–water partition coefficient (Wildman–Crippen LogP) is 3.33. The first-order valence-electron chi connectivity index (χ1n) is 6.98. The second-order valence-corrected chi connectivity index (χ2v) is 6.07. The number of benzene rings is 1. The summed E-state index contributed by atoms with van der Waals surface area (Å²) in [7, 11) is 0. The Morgan fingerprint density at radius 2 is 1.95 bits per heavy atom. The van der Waals surface area contributed by atoms with E-state index < -0.39 is 0 Å². The fourth-order valence-corrected chi connectivity index (χ4v) is 3.10. The Hall–Kier alpha value is -1.62. The van der Waals surface area contributed by atoms with Crippen LogP contribution in [0.3, 0.4) is 0 Å². The molecule has 3 rings (SSSR count). The van der Waals surface area contributed by atoms with Gasteiger partial charge < -0.3 is 5.73 Å². The highest BCUT2D eigenvalue weighted by molar-refractivity contribution is 6.31. The first-order valence-corrected chi connectivity index (χ1v) is 7.35. The van der Waals surface area contributed by atoms with Gasteiger partial charge in [0, 0.05) is 16.3 Å². The summed E-state index contributed by atoms with van der Waals surface area (Å²) in [6.07, 6.45) is 4.69. The van der Waals surface area contributed by atoms with Gasteiger partial charge in [-0.05, 0) is 60.2 Å². The Balaban J connectivity index is 1.93. The van der Waals surface area contributed by atoms with Crippen LogP contribution in [0.4, 0.5) is 5.69 Å². The van der Waals surface area contributed by atoms with Gasteiger partial charge in [-0.15, -0.1) is 5.10 Å². The lowest BCUT2D eigenvalue weighted by Crippen LogP contribution is -2.18. The third-order valence-corrected chi connectivity index (χ3v) is 4.22. The summed E-state index contributed by atoms with van der Waals surface area (Å²) in [5.41, 5.74) is 7.35. The molecule has 0 amide bonds. The van der Waals surface area contributed by atoms with Crippen LogP contribution in [0.1, 0.15) is 38.6 Å². The average Bonchev–Trinajstić information content (AvgIpc) is 2.87. The van der Waals surface area contributed by atoms with E-state index >= 15 is 0 Å². The highest BCUT2D eigenvalue weighted by Crippen LogP contribution is 2.34. The van der Waals surface area contributed by atoms with Crippen molar-refractivity contribution in [1.82, 2.24) is 20.2 Å². The van der Waals surface area contributed by atoms with Gasteiger partial charge in [0.15, 0.2) is 5.82 Å². The number of rotatable bonds is 2. The van der Waals surface area contributed by atoms with Crippen LogP contribution in [0.25, 0.3) is 11.4 Å². The predicted molar refractivity (Wildman–Crippen MR) is 79.3 cm³/mol. The Labute approximate surface area is 123 Å². The van der Waals surface area contributed by atoms with E-state index in [1.54, 1.807) is 6.07 Å². The van der Waals surface area contributed by atoms with Gasteiger partial charge in [-0.3, -0.25) is 0 Å². The molecule has 0 bridgehead atoms. The number of halogens is 1. The molecule has 1 aliphatic rings. The second-order valence-electron chi connectivity index (χ2n) is 5.63. The molecule has 1 aromatic heterocycles. The van der Waals surface area contributed by atoms with Crippen LogP contribution in [0.5, 0.6) is 0 Å². The standard InChI is InChI=1S/C14H18ClN5/c1-9-2-4-13(5-3-9)20-14(17-18-19-20)10-6-11(15)8-12(16)7-10/h6-9,13H,2-5,16H2,1H3. The van der Waals surface area contributed by atoms with Gasteiger partial charge in [0.25, 0.3) is 0 Å². The minimum Gasteiger partial charge on any atom is -0.399 e. The highest BCUT2D eigenvalue weighted by Gasteiger charge is 2.23. The largest absolute Gasteiger partial charge is 0.399 e. The number of tetrazole rings is 1. The average molecular weight is 292 g/mol. The van der Waals surface area contributed by atoms with E-state index in [2.05, 4.69) is 22.4 Å². The first-order chi connectivity index (χ1) is 9.63. The van der Waals surface area contributed by atoms with E-state index in [-0.39, 0.29) is 0 Å². The van der Waals surface area contributed by atoms with Gasteiger partial charge in [-0.1, -0.05) is 18.5 Å². The molecule has 0 atom stereocenters. The van der Waals surface area contributed by atoms with E-state index in [0.29, 0.717) is 16.8 Å². The third kappa shape index (κ3) is 2.63. The minimum absolute atomic E-state index is 0.372. The summed E-state index contributed by atoms with van der Waals surface area (Å²) >= 11 is 6.07. The van der Waals surface area contributed by atoms with Gasteiger partial charge in [0.1, 0.15) is 0 Å². The van der Waals surface area contributed by atoms with Crippen LogP contribution in [-0.4, -0.2) is 20.2 Å².